The van der Waals surface area contributed by atoms with Crippen LogP contribution in [-0.2, 0) is 14.3 Å². The van der Waals surface area contributed by atoms with Gasteiger partial charge in [-0.15, -0.1) is 0 Å². The zero-order valence-corrected chi connectivity index (χ0v) is 10.1. The van der Waals surface area contributed by atoms with Crippen molar-refractivity contribution in [1.29, 1.82) is 0 Å². The van der Waals surface area contributed by atoms with E-state index >= 15 is 0 Å². The Morgan fingerprint density at radius 3 is 2.19 bits per heavy atom. The minimum absolute atomic E-state index is 0.0332. The van der Waals surface area contributed by atoms with Crippen LogP contribution in [0.15, 0.2) is 0 Å². The van der Waals surface area contributed by atoms with E-state index in [2.05, 4.69) is 5.32 Å². The van der Waals surface area contributed by atoms with Gasteiger partial charge in [-0.1, -0.05) is 6.92 Å². The topological polar surface area (TPSA) is 75.6 Å². The zero-order chi connectivity index (χ0) is 12.5. The summed E-state index contributed by atoms with van der Waals surface area (Å²) in [6, 6.07) is -0.859. The highest BCUT2D eigenvalue weighted by molar-refractivity contribution is 5.85. The number of amides is 1. The lowest BCUT2D eigenvalue weighted by Gasteiger charge is -2.19. The summed E-state index contributed by atoms with van der Waals surface area (Å²) in [5, 5.41) is 11.2. The van der Waals surface area contributed by atoms with Crippen LogP contribution >= 0.6 is 0 Å². The van der Waals surface area contributed by atoms with Crippen molar-refractivity contribution in [3.05, 3.63) is 0 Å². The number of aliphatic carboxylic acids is 1. The molecule has 1 heterocycles. The first-order chi connectivity index (χ1) is 7.34. The van der Waals surface area contributed by atoms with Gasteiger partial charge in [-0.3, -0.25) is 9.59 Å². The van der Waals surface area contributed by atoms with Crippen LogP contribution in [0, 0.1) is 11.8 Å². The van der Waals surface area contributed by atoms with Gasteiger partial charge in [0.05, 0.1) is 18.1 Å². The molecule has 0 spiro atoms. The second-order valence-corrected chi connectivity index (χ2v) is 4.50. The Morgan fingerprint density at radius 1 is 1.25 bits per heavy atom. The molecular formula is C11H19NO4. The Morgan fingerprint density at radius 2 is 1.81 bits per heavy atom. The molecule has 1 aliphatic rings. The van der Waals surface area contributed by atoms with Gasteiger partial charge in [0.2, 0.25) is 5.91 Å². The minimum atomic E-state index is -1.03. The molecule has 1 aliphatic heterocycles. The summed E-state index contributed by atoms with van der Waals surface area (Å²) in [6.45, 7) is 7.17. The van der Waals surface area contributed by atoms with E-state index in [0.29, 0.717) is 0 Å². The largest absolute Gasteiger partial charge is 0.480 e. The second kappa shape index (κ2) is 4.82. The number of carbonyl (C=O) groups excluding carboxylic acids is 1. The van der Waals surface area contributed by atoms with Crippen LogP contribution in [0.5, 0.6) is 0 Å². The third-order valence-corrected chi connectivity index (χ3v) is 3.27. The van der Waals surface area contributed by atoms with Gasteiger partial charge in [-0.05, 0) is 26.7 Å². The molecule has 1 saturated heterocycles. The highest BCUT2D eigenvalue weighted by Crippen LogP contribution is 2.32. The SMILES string of the molecule is CC1OC(C)C(C(=O)N[C@@H](C)C(=O)O)C1C. The van der Waals surface area contributed by atoms with Crippen LogP contribution in [-0.4, -0.2) is 35.2 Å². The molecule has 0 bridgehead atoms. The number of nitrogens with one attached hydrogen (secondary N) is 1. The maximum absolute atomic E-state index is 11.9. The zero-order valence-electron chi connectivity index (χ0n) is 10.1. The van der Waals surface area contributed by atoms with Gasteiger partial charge in [0.1, 0.15) is 6.04 Å². The Hall–Kier alpha value is -1.10. The molecule has 92 valence electrons. The molecule has 0 aromatic heterocycles. The molecule has 0 aromatic carbocycles. The molecule has 5 nitrogen and oxygen atoms in total. The number of rotatable bonds is 3. The normalized spacial score (nSPS) is 35.8. The molecule has 1 amide bonds. The van der Waals surface area contributed by atoms with E-state index in [1.54, 1.807) is 0 Å². The highest BCUT2D eigenvalue weighted by atomic mass is 16.5. The summed E-state index contributed by atoms with van der Waals surface area (Å²) in [6.07, 6.45) is -0.128. The number of ether oxygens (including phenoxy) is 1. The summed E-state index contributed by atoms with van der Waals surface area (Å²) >= 11 is 0. The van der Waals surface area contributed by atoms with Crippen molar-refractivity contribution in [2.24, 2.45) is 11.8 Å². The number of hydrogen-bond donors (Lipinski definition) is 2. The van der Waals surface area contributed by atoms with E-state index in [-0.39, 0.29) is 30.0 Å². The molecular weight excluding hydrogens is 210 g/mol. The highest BCUT2D eigenvalue weighted by Gasteiger charge is 2.42. The second-order valence-electron chi connectivity index (χ2n) is 4.50. The lowest BCUT2D eigenvalue weighted by atomic mass is 9.88. The van der Waals surface area contributed by atoms with Crippen LogP contribution in [0.25, 0.3) is 0 Å². The van der Waals surface area contributed by atoms with Crippen molar-refractivity contribution < 1.29 is 19.4 Å². The molecule has 0 saturated carbocycles. The first-order valence-corrected chi connectivity index (χ1v) is 5.53. The molecule has 5 atom stereocenters. The van der Waals surface area contributed by atoms with Gasteiger partial charge in [0.25, 0.3) is 0 Å². The van der Waals surface area contributed by atoms with Crippen molar-refractivity contribution in [1.82, 2.24) is 5.32 Å². The fourth-order valence-electron chi connectivity index (χ4n) is 2.09. The first-order valence-electron chi connectivity index (χ1n) is 5.53. The monoisotopic (exact) mass is 229 g/mol. The van der Waals surface area contributed by atoms with Crippen LogP contribution in [0.4, 0.5) is 0 Å². The van der Waals surface area contributed by atoms with Crippen molar-refractivity contribution in [2.45, 2.75) is 45.9 Å². The van der Waals surface area contributed by atoms with E-state index in [9.17, 15) is 9.59 Å². The van der Waals surface area contributed by atoms with E-state index < -0.39 is 12.0 Å². The lowest BCUT2D eigenvalue weighted by molar-refractivity contribution is -0.142. The van der Waals surface area contributed by atoms with Crippen molar-refractivity contribution in [3.63, 3.8) is 0 Å². The van der Waals surface area contributed by atoms with E-state index in [1.807, 2.05) is 20.8 Å². The number of carboxylic acid groups (broad SMARTS) is 1. The van der Waals surface area contributed by atoms with Gasteiger partial charge in [-0.25, -0.2) is 0 Å². The van der Waals surface area contributed by atoms with Gasteiger partial charge >= 0.3 is 5.97 Å². The Kier molecular flexibility index (Phi) is 3.91. The minimum Gasteiger partial charge on any atom is -0.480 e. The van der Waals surface area contributed by atoms with Crippen LogP contribution in [0.2, 0.25) is 0 Å². The predicted octanol–water partition coefficient (Wildman–Crippen LogP) is 0.635. The molecule has 5 heteroatoms. The quantitative estimate of drug-likeness (QED) is 0.744. The smallest absolute Gasteiger partial charge is 0.325 e. The van der Waals surface area contributed by atoms with E-state index in [4.69, 9.17) is 9.84 Å². The maximum atomic E-state index is 11.9. The summed E-state index contributed by atoms with van der Waals surface area (Å²) in [7, 11) is 0. The van der Waals surface area contributed by atoms with Gasteiger partial charge < -0.3 is 15.2 Å². The lowest BCUT2D eigenvalue weighted by Crippen LogP contribution is -2.44. The summed E-state index contributed by atoms with van der Waals surface area (Å²) < 4.78 is 5.54. The van der Waals surface area contributed by atoms with Gasteiger partial charge in [-0.2, -0.15) is 0 Å². The molecule has 1 fully saturated rings. The molecule has 2 N–H and O–H groups in total. The van der Waals surface area contributed by atoms with Crippen molar-refractivity contribution in [2.75, 3.05) is 0 Å². The molecule has 0 radical (unpaired) electrons. The number of carboxylic acids is 1. The number of hydrogen-bond acceptors (Lipinski definition) is 3. The molecule has 1 rings (SSSR count). The molecule has 0 aliphatic carbocycles. The molecule has 4 unspecified atom stereocenters. The van der Waals surface area contributed by atoms with E-state index in [1.165, 1.54) is 6.92 Å². The van der Waals surface area contributed by atoms with Gasteiger partial charge in [0, 0.05) is 0 Å². The van der Waals surface area contributed by atoms with Crippen LogP contribution in [0.3, 0.4) is 0 Å². The Labute approximate surface area is 95.2 Å². The summed E-state index contributed by atoms with van der Waals surface area (Å²) in [5.74, 6) is -1.42. The maximum Gasteiger partial charge on any atom is 0.325 e. The summed E-state index contributed by atoms with van der Waals surface area (Å²) in [5.41, 5.74) is 0. The average molecular weight is 229 g/mol. The van der Waals surface area contributed by atoms with Crippen molar-refractivity contribution in [3.8, 4) is 0 Å². The van der Waals surface area contributed by atoms with Gasteiger partial charge in [0.15, 0.2) is 0 Å². The van der Waals surface area contributed by atoms with Crippen LogP contribution in [0.1, 0.15) is 27.7 Å². The Balaban J connectivity index is 2.64. The van der Waals surface area contributed by atoms with E-state index in [0.717, 1.165) is 0 Å². The third-order valence-electron chi connectivity index (χ3n) is 3.27. The molecule has 0 aromatic rings. The third kappa shape index (κ3) is 2.52. The fourth-order valence-corrected chi connectivity index (χ4v) is 2.09. The van der Waals surface area contributed by atoms with Crippen molar-refractivity contribution >= 4 is 11.9 Å². The molecule has 16 heavy (non-hydrogen) atoms. The first kappa shape index (κ1) is 13.0. The summed E-state index contributed by atoms with van der Waals surface area (Å²) in [4.78, 5) is 22.5. The standard InChI is InChI=1S/C11H19NO4/c1-5-7(3)16-8(4)9(5)10(13)12-6(2)11(14)15/h5-9H,1-4H3,(H,12,13)(H,14,15)/t5?,6-,7?,8?,9?/m0/s1. The Bertz CT molecular complexity index is 292. The van der Waals surface area contributed by atoms with Crippen LogP contribution < -0.4 is 5.32 Å². The fraction of sp³-hybridized carbons (Fsp3) is 0.818. The average Bonchev–Trinajstić information content (AvgIpc) is 2.40. The number of carbonyl (C=O) groups is 2. The predicted molar refractivity (Wildman–Crippen MR) is 57.9 cm³/mol.